The highest BCUT2D eigenvalue weighted by molar-refractivity contribution is 6.28. The Morgan fingerprint density at radius 1 is 1.33 bits per heavy atom. The zero-order valence-electron chi connectivity index (χ0n) is 9.35. The fraction of sp³-hybridized carbons (Fsp3) is 0.167. The van der Waals surface area contributed by atoms with Crippen LogP contribution in [0.3, 0.4) is 0 Å². The minimum Gasteiger partial charge on any atom is -0.394 e. The molecule has 2 N–H and O–H groups in total. The quantitative estimate of drug-likeness (QED) is 0.836. The molecule has 0 aliphatic rings. The molecule has 0 unspecified atom stereocenters. The van der Waals surface area contributed by atoms with Crippen LogP contribution in [0.15, 0.2) is 36.5 Å². The molecular weight excluding hydrogens is 257 g/mol. The monoisotopic (exact) mass is 267 g/mol. The Kier molecular flexibility index (Phi) is 4.07. The van der Waals surface area contributed by atoms with Crippen LogP contribution in [0.1, 0.15) is 11.6 Å². The first kappa shape index (κ1) is 12.7. The first-order valence-electron chi connectivity index (χ1n) is 5.31. The molecule has 0 aliphatic carbocycles. The van der Waals surface area contributed by atoms with E-state index in [1.54, 1.807) is 0 Å². The lowest BCUT2D eigenvalue weighted by Crippen LogP contribution is -2.16. The van der Waals surface area contributed by atoms with Crippen LogP contribution in [0.4, 0.5) is 10.2 Å². The van der Waals surface area contributed by atoms with Crippen molar-refractivity contribution < 1.29 is 9.50 Å². The molecule has 0 bridgehead atoms. The Morgan fingerprint density at radius 3 is 2.72 bits per heavy atom. The van der Waals surface area contributed by atoms with E-state index < -0.39 is 11.9 Å². The summed E-state index contributed by atoms with van der Waals surface area (Å²) in [5, 5.41) is 12.1. The molecule has 0 amide bonds. The molecule has 1 atom stereocenters. The van der Waals surface area contributed by atoms with Crippen LogP contribution in [0.5, 0.6) is 0 Å². The highest BCUT2D eigenvalue weighted by Gasteiger charge is 2.13. The van der Waals surface area contributed by atoms with Crippen LogP contribution in [0.25, 0.3) is 0 Å². The Balaban J connectivity index is 2.23. The van der Waals surface area contributed by atoms with E-state index in [-0.39, 0.29) is 17.7 Å². The predicted octanol–water partition coefficient (Wildman–Crippen LogP) is 2.41. The third-order valence-electron chi connectivity index (χ3n) is 2.41. The van der Waals surface area contributed by atoms with Gasteiger partial charge in [0.05, 0.1) is 18.8 Å². The number of hydrogen-bond donors (Lipinski definition) is 2. The number of aliphatic hydroxyl groups is 1. The molecule has 2 rings (SSSR count). The minimum absolute atomic E-state index is 0.0297. The number of benzene rings is 1. The van der Waals surface area contributed by atoms with E-state index in [1.807, 2.05) is 30.3 Å². The second-order valence-corrected chi connectivity index (χ2v) is 3.96. The summed E-state index contributed by atoms with van der Waals surface area (Å²) in [5.74, 6) is -0.647. The zero-order chi connectivity index (χ0) is 13.0. The summed E-state index contributed by atoms with van der Waals surface area (Å²) in [6, 6.07) is 8.74. The Hall–Kier alpha value is -1.72. The third kappa shape index (κ3) is 2.94. The molecule has 6 heteroatoms. The van der Waals surface area contributed by atoms with Crippen LogP contribution < -0.4 is 5.32 Å². The van der Waals surface area contributed by atoms with E-state index >= 15 is 0 Å². The van der Waals surface area contributed by atoms with Crippen molar-refractivity contribution in [3.8, 4) is 0 Å². The van der Waals surface area contributed by atoms with Gasteiger partial charge in [0, 0.05) is 0 Å². The molecule has 0 fully saturated rings. The largest absolute Gasteiger partial charge is 0.394 e. The number of aromatic nitrogens is 2. The highest BCUT2D eigenvalue weighted by Crippen LogP contribution is 2.20. The second-order valence-electron chi connectivity index (χ2n) is 3.63. The molecule has 0 saturated heterocycles. The average Bonchev–Trinajstić information content (AvgIpc) is 2.41. The van der Waals surface area contributed by atoms with Gasteiger partial charge in [-0.05, 0) is 17.2 Å². The summed E-state index contributed by atoms with van der Waals surface area (Å²) in [4.78, 5) is 7.27. The first-order chi connectivity index (χ1) is 8.70. The minimum atomic E-state index is -0.617. The second kappa shape index (κ2) is 5.75. The lowest BCUT2D eigenvalue weighted by atomic mass is 10.1. The average molecular weight is 268 g/mol. The lowest BCUT2D eigenvalue weighted by molar-refractivity contribution is 0.276. The number of hydrogen-bond acceptors (Lipinski definition) is 4. The van der Waals surface area contributed by atoms with Crippen molar-refractivity contribution in [1.29, 1.82) is 0 Å². The van der Waals surface area contributed by atoms with E-state index in [2.05, 4.69) is 15.3 Å². The van der Waals surface area contributed by atoms with Gasteiger partial charge >= 0.3 is 0 Å². The van der Waals surface area contributed by atoms with E-state index in [0.717, 1.165) is 11.8 Å². The maximum Gasteiger partial charge on any atom is 0.224 e. The van der Waals surface area contributed by atoms with Crippen molar-refractivity contribution in [1.82, 2.24) is 9.97 Å². The Morgan fingerprint density at radius 2 is 2.06 bits per heavy atom. The van der Waals surface area contributed by atoms with Gasteiger partial charge < -0.3 is 10.4 Å². The molecule has 2 aromatic rings. The van der Waals surface area contributed by atoms with E-state index in [4.69, 9.17) is 11.6 Å². The normalized spacial score (nSPS) is 12.2. The number of anilines is 1. The van der Waals surface area contributed by atoms with Gasteiger partial charge in [-0.2, -0.15) is 4.98 Å². The molecule has 1 aromatic heterocycles. The zero-order valence-corrected chi connectivity index (χ0v) is 10.1. The standard InChI is InChI=1S/C12H11ClFN3O/c13-12-15-6-9(14)11(17-12)16-10(7-18)8-4-2-1-3-5-8/h1-6,10,18H,7H2,(H,15,16,17)/t10-/m1/s1. The van der Waals surface area contributed by atoms with Crippen LogP contribution in [-0.4, -0.2) is 21.7 Å². The van der Waals surface area contributed by atoms with Crippen LogP contribution >= 0.6 is 11.6 Å². The molecule has 0 spiro atoms. The Bertz CT molecular complexity index is 524. The van der Waals surface area contributed by atoms with Crippen molar-refractivity contribution in [2.24, 2.45) is 0 Å². The fourth-order valence-electron chi connectivity index (χ4n) is 1.53. The fourth-order valence-corrected chi connectivity index (χ4v) is 1.66. The van der Waals surface area contributed by atoms with Crippen LogP contribution in [0.2, 0.25) is 5.28 Å². The predicted molar refractivity (Wildman–Crippen MR) is 66.9 cm³/mol. The van der Waals surface area contributed by atoms with Gasteiger partial charge in [0.25, 0.3) is 0 Å². The van der Waals surface area contributed by atoms with Gasteiger partial charge in [0.15, 0.2) is 11.6 Å². The summed E-state index contributed by atoms with van der Waals surface area (Å²) in [6.07, 6.45) is 0.983. The maximum absolute atomic E-state index is 13.5. The molecule has 0 radical (unpaired) electrons. The number of halogens is 2. The van der Waals surface area contributed by atoms with E-state index in [0.29, 0.717) is 0 Å². The SMILES string of the molecule is OC[C@@H](Nc1nc(Cl)ncc1F)c1ccccc1. The van der Waals surface area contributed by atoms with Gasteiger partial charge in [0.2, 0.25) is 5.28 Å². The first-order valence-corrected chi connectivity index (χ1v) is 5.69. The van der Waals surface area contributed by atoms with Crippen molar-refractivity contribution in [3.63, 3.8) is 0 Å². The lowest BCUT2D eigenvalue weighted by Gasteiger charge is -2.17. The molecule has 1 heterocycles. The van der Waals surface area contributed by atoms with Crippen molar-refractivity contribution in [2.75, 3.05) is 11.9 Å². The van der Waals surface area contributed by atoms with Gasteiger partial charge in [-0.1, -0.05) is 30.3 Å². The molecule has 18 heavy (non-hydrogen) atoms. The third-order valence-corrected chi connectivity index (χ3v) is 2.59. The molecule has 94 valence electrons. The van der Waals surface area contributed by atoms with E-state index in [1.165, 1.54) is 0 Å². The van der Waals surface area contributed by atoms with Crippen LogP contribution in [0, 0.1) is 5.82 Å². The summed E-state index contributed by atoms with van der Waals surface area (Å²) in [6.45, 7) is -0.189. The molecule has 0 saturated carbocycles. The summed E-state index contributed by atoms with van der Waals surface area (Å²) < 4.78 is 13.5. The number of nitrogens with zero attached hydrogens (tertiary/aromatic N) is 2. The number of rotatable bonds is 4. The summed E-state index contributed by atoms with van der Waals surface area (Å²) in [5.41, 5.74) is 0.828. The molecular formula is C12H11ClFN3O. The molecule has 0 aliphatic heterocycles. The van der Waals surface area contributed by atoms with E-state index in [9.17, 15) is 9.50 Å². The van der Waals surface area contributed by atoms with Crippen molar-refractivity contribution in [2.45, 2.75) is 6.04 Å². The number of aliphatic hydroxyl groups excluding tert-OH is 1. The van der Waals surface area contributed by atoms with Gasteiger partial charge in [-0.25, -0.2) is 9.37 Å². The number of nitrogens with one attached hydrogen (secondary N) is 1. The van der Waals surface area contributed by atoms with Crippen LogP contribution in [-0.2, 0) is 0 Å². The Labute approximate surface area is 108 Å². The highest BCUT2D eigenvalue weighted by atomic mass is 35.5. The summed E-state index contributed by atoms with van der Waals surface area (Å²) >= 11 is 5.60. The van der Waals surface area contributed by atoms with Gasteiger partial charge in [-0.15, -0.1) is 0 Å². The topological polar surface area (TPSA) is 58.0 Å². The maximum atomic E-state index is 13.5. The van der Waals surface area contributed by atoms with Crippen molar-refractivity contribution in [3.05, 3.63) is 53.2 Å². The molecule has 1 aromatic carbocycles. The summed E-state index contributed by atoms with van der Waals surface area (Å²) in [7, 11) is 0. The van der Waals surface area contributed by atoms with Gasteiger partial charge in [0.1, 0.15) is 0 Å². The smallest absolute Gasteiger partial charge is 0.224 e. The molecule has 4 nitrogen and oxygen atoms in total. The van der Waals surface area contributed by atoms with Gasteiger partial charge in [-0.3, -0.25) is 0 Å². The van der Waals surface area contributed by atoms with Crippen molar-refractivity contribution >= 4 is 17.4 Å².